The number of Topliss-reactive ketones (excluding diaryl/α,β-unsaturated/α-hetero) is 1. The summed E-state index contributed by atoms with van der Waals surface area (Å²) in [7, 11) is 0. The molecule has 3 aromatic heterocycles. The van der Waals surface area contributed by atoms with E-state index in [1.807, 2.05) is 47.1 Å². The maximum Gasteiger partial charge on any atom is 0.174 e. The number of pyridine rings is 1. The van der Waals surface area contributed by atoms with Crippen molar-refractivity contribution in [2.24, 2.45) is 0 Å². The summed E-state index contributed by atoms with van der Waals surface area (Å²) in [5, 5.41) is 8.88. The monoisotopic (exact) mass is 403 g/mol. The Morgan fingerprint density at radius 1 is 1.24 bits per heavy atom. The summed E-state index contributed by atoms with van der Waals surface area (Å²) >= 11 is 1.57. The molecule has 0 saturated heterocycles. The molecular weight excluding hydrogens is 382 g/mol. The highest BCUT2D eigenvalue weighted by Crippen LogP contribution is 2.39. The lowest BCUT2D eigenvalue weighted by Gasteiger charge is -2.37. The quantitative estimate of drug-likeness (QED) is 0.504. The Bertz CT molecular complexity index is 1160. The molecule has 0 bridgehead atoms. The maximum atomic E-state index is 13.1. The fourth-order valence-corrected chi connectivity index (χ4v) is 4.91. The summed E-state index contributed by atoms with van der Waals surface area (Å²) in [5.41, 5.74) is 2.29. The minimum absolute atomic E-state index is 0.0234. The van der Waals surface area contributed by atoms with Crippen molar-refractivity contribution in [1.82, 2.24) is 19.7 Å². The molecule has 0 spiro atoms. The van der Waals surface area contributed by atoms with Crippen molar-refractivity contribution in [3.05, 3.63) is 71.1 Å². The number of carbonyl (C=O) groups is 1. The minimum Gasteiger partial charge on any atom is -0.361 e. The van der Waals surface area contributed by atoms with E-state index in [9.17, 15) is 4.79 Å². The Hall–Kier alpha value is -3.06. The summed E-state index contributed by atoms with van der Waals surface area (Å²) in [5.74, 6) is 0.790. The van der Waals surface area contributed by atoms with Crippen LogP contribution in [0.15, 0.2) is 54.9 Å². The first-order chi connectivity index (χ1) is 14.0. The summed E-state index contributed by atoms with van der Waals surface area (Å²) < 4.78 is 3.03. The van der Waals surface area contributed by atoms with E-state index in [0.717, 1.165) is 33.2 Å². The number of rotatable bonds is 4. The molecule has 146 valence electrons. The zero-order valence-corrected chi connectivity index (χ0v) is 17.1. The van der Waals surface area contributed by atoms with Gasteiger partial charge in [0.1, 0.15) is 10.8 Å². The number of thiazole rings is 1. The predicted octanol–water partition coefficient (Wildman–Crippen LogP) is 4.61. The third-order valence-electron chi connectivity index (χ3n) is 5.35. The smallest absolute Gasteiger partial charge is 0.174 e. The lowest BCUT2D eigenvalue weighted by Crippen LogP contribution is -2.38. The molecule has 7 heteroatoms. The minimum atomic E-state index is -0.225. The molecule has 4 heterocycles. The van der Waals surface area contributed by atoms with E-state index >= 15 is 0 Å². The van der Waals surface area contributed by atoms with Crippen LogP contribution in [0.2, 0.25) is 0 Å². The van der Waals surface area contributed by atoms with Gasteiger partial charge in [0.15, 0.2) is 5.78 Å². The van der Waals surface area contributed by atoms with E-state index in [0.29, 0.717) is 5.56 Å². The third kappa shape index (κ3) is 3.21. The van der Waals surface area contributed by atoms with Crippen LogP contribution in [0.3, 0.4) is 0 Å². The van der Waals surface area contributed by atoms with E-state index in [-0.39, 0.29) is 23.8 Å². The van der Waals surface area contributed by atoms with Gasteiger partial charge in [-0.2, -0.15) is 5.10 Å². The van der Waals surface area contributed by atoms with Crippen molar-refractivity contribution in [3.8, 4) is 0 Å². The normalized spacial score (nSPS) is 17.7. The van der Waals surface area contributed by atoms with Crippen LogP contribution in [0.4, 0.5) is 5.82 Å². The number of hydrogen-bond donors (Lipinski definition) is 1. The number of fused-ring (bicyclic) bond motifs is 2. The first-order valence-electron chi connectivity index (χ1n) is 9.65. The molecule has 4 aromatic rings. The molecule has 0 saturated carbocycles. The highest BCUT2D eigenvalue weighted by Gasteiger charge is 2.37. The molecule has 0 radical (unpaired) electrons. The first kappa shape index (κ1) is 18.0. The SMILES string of the molecule is CC1(C)CC(c2ccccn2)Nc2c(C(=O)Cc3nc4ccccc4s3)cnn21. The molecule has 0 aliphatic carbocycles. The van der Waals surface area contributed by atoms with Gasteiger partial charge in [-0.1, -0.05) is 18.2 Å². The number of anilines is 1. The van der Waals surface area contributed by atoms with Crippen LogP contribution in [0, 0.1) is 0 Å². The molecule has 1 N–H and O–H groups in total. The largest absolute Gasteiger partial charge is 0.361 e. The van der Waals surface area contributed by atoms with Crippen molar-refractivity contribution in [3.63, 3.8) is 0 Å². The van der Waals surface area contributed by atoms with Gasteiger partial charge >= 0.3 is 0 Å². The van der Waals surface area contributed by atoms with Gasteiger partial charge in [-0.15, -0.1) is 11.3 Å². The Kier molecular flexibility index (Phi) is 4.20. The van der Waals surface area contributed by atoms with E-state index < -0.39 is 0 Å². The number of nitrogens with zero attached hydrogens (tertiary/aromatic N) is 4. The number of aromatic nitrogens is 4. The molecular formula is C22H21N5OS. The third-order valence-corrected chi connectivity index (χ3v) is 6.39. The van der Waals surface area contributed by atoms with Gasteiger partial charge in [0.05, 0.1) is 45.7 Å². The van der Waals surface area contributed by atoms with Crippen LogP contribution >= 0.6 is 11.3 Å². The van der Waals surface area contributed by atoms with Gasteiger partial charge in [-0.25, -0.2) is 9.67 Å². The molecule has 1 atom stereocenters. The van der Waals surface area contributed by atoms with Crippen LogP contribution in [-0.4, -0.2) is 25.5 Å². The summed E-state index contributed by atoms with van der Waals surface area (Å²) in [6, 6.07) is 13.9. The van der Waals surface area contributed by atoms with Crippen molar-refractivity contribution in [2.75, 3.05) is 5.32 Å². The maximum absolute atomic E-state index is 13.1. The van der Waals surface area contributed by atoms with Crippen molar-refractivity contribution in [1.29, 1.82) is 0 Å². The lowest BCUT2D eigenvalue weighted by molar-refractivity contribution is 0.0993. The van der Waals surface area contributed by atoms with E-state index in [1.54, 1.807) is 23.7 Å². The molecule has 1 unspecified atom stereocenters. The van der Waals surface area contributed by atoms with Gasteiger partial charge in [0.25, 0.3) is 0 Å². The molecule has 0 fully saturated rings. The van der Waals surface area contributed by atoms with Gasteiger partial charge < -0.3 is 5.32 Å². The molecule has 1 aromatic carbocycles. The van der Waals surface area contributed by atoms with Crippen molar-refractivity contribution >= 4 is 33.2 Å². The number of nitrogens with one attached hydrogen (secondary N) is 1. The molecule has 0 amide bonds. The summed E-state index contributed by atoms with van der Waals surface area (Å²) in [6.07, 6.45) is 4.59. The van der Waals surface area contributed by atoms with Crippen LogP contribution in [-0.2, 0) is 12.0 Å². The Morgan fingerprint density at radius 3 is 2.86 bits per heavy atom. The lowest BCUT2D eigenvalue weighted by atomic mass is 9.90. The second-order valence-electron chi connectivity index (χ2n) is 7.96. The number of hydrogen-bond acceptors (Lipinski definition) is 6. The van der Waals surface area contributed by atoms with Gasteiger partial charge in [0, 0.05) is 6.20 Å². The second-order valence-corrected chi connectivity index (χ2v) is 9.08. The first-order valence-corrected chi connectivity index (χ1v) is 10.5. The summed E-state index contributed by atoms with van der Waals surface area (Å²) in [4.78, 5) is 22.2. The number of benzene rings is 1. The van der Waals surface area contributed by atoms with Gasteiger partial charge in [0.2, 0.25) is 0 Å². The number of ketones is 1. The topological polar surface area (TPSA) is 72.7 Å². The highest BCUT2D eigenvalue weighted by molar-refractivity contribution is 7.18. The van der Waals surface area contributed by atoms with Crippen LogP contribution in [0.25, 0.3) is 10.2 Å². The van der Waals surface area contributed by atoms with Crippen LogP contribution in [0.5, 0.6) is 0 Å². The number of para-hydroxylation sites is 1. The molecule has 5 rings (SSSR count). The zero-order chi connectivity index (χ0) is 20.0. The summed E-state index contributed by atoms with van der Waals surface area (Å²) in [6.45, 7) is 4.28. The Balaban J connectivity index is 1.46. The molecule has 29 heavy (non-hydrogen) atoms. The Morgan fingerprint density at radius 2 is 2.07 bits per heavy atom. The molecule has 1 aliphatic heterocycles. The predicted molar refractivity (Wildman–Crippen MR) is 114 cm³/mol. The molecule has 6 nitrogen and oxygen atoms in total. The van der Waals surface area contributed by atoms with Crippen LogP contribution in [0.1, 0.15) is 47.4 Å². The Labute approximate surface area is 172 Å². The average molecular weight is 404 g/mol. The second kappa shape index (κ2) is 6.77. The fraction of sp³-hybridized carbons (Fsp3) is 0.273. The fourth-order valence-electron chi connectivity index (χ4n) is 3.94. The van der Waals surface area contributed by atoms with E-state index in [1.165, 1.54) is 0 Å². The van der Waals surface area contributed by atoms with Crippen molar-refractivity contribution in [2.45, 2.75) is 38.3 Å². The van der Waals surface area contributed by atoms with E-state index in [2.05, 4.69) is 34.2 Å². The van der Waals surface area contributed by atoms with Gasteiger partial charge in [-0.05, 0) is 44.5 Å². The zero-order valence-electron chi connectivity index (χ0n) is 16.3. The number of carbonyl (C=O) groups excluding carboxylic acids is 1. The standard InChI is InChI=1S/C22H21N5OS/c1-22(2)12-17(15-7-5-6-10-23-15)26-21-14(13-24-27(21)22)18(28)11-20-25-16-8-3-4-9-19(16)29-20/h3-10,13,17,26H,11-12H2,1-2H3. The highest BCUT2D eigenvalue weighted by atomic mass is 32.1. The van der Waals surface area contributed by atoms with Crippen LogP contribution < -0.4 is 5.32 Å². The van der Waals surface area contributed by atoms with Crippen molar-refractivity contribution < 1.29 is 4.79 Å². The van der Waals surface area contributed by atoms with Gasteiger partial charge in [-0.3, -0.25) is 9.78 Å². The molecule has 1 aliphatic rings. The average Bonchev–Trinajstić information content (AvgIpc) is 3.32. The van der Waals surface area contributed by atoms with E-state index in [4.69, 9.17) is 0 Å².